The van der Waals surface area contributed by atoms with Gasteiger partial charge in [-0.1, -0.05) is 48.5 Å². The van der Waals surface area contributed by atoms with Crippen LogP contribution in [0.2, 0.25) is 0 Å². The van der Waals surface area contributed by atoms with Crippen LogP contribution in [0, 0.1) is 27.7 Å². The first kappa shape index (κ1) is 53.5. The molecule has 520 valence electrons. The van der Waals surface area contributed by atoms with Gasteiger partial charge < -0.3 is 52.0 Å². The molecule has 16 aromatic rings. The van der Waals surface area contributed by atoms with Crippen LogP contribution in [0.4, 0.5) is 68.9 Å². The van der Waals surface area contributed by atoms with Crippen molar-refractivity contribution in [1.82, 2.24) is 44.9 Å². The van der Waals surface area contributed by atoms with Gasteiger partial charge in [0.2, 0.25) is 22.9 Å². The molecule has 0 saturated carbocycles. The number of furan rings is 4. The fourth-order valence-corrected chi connectivity index (χ4v) is 15.4. The number of rotatable bonds is 6. The Morgan fingerprint density at radius 1 is 0.317 bits per heavy atom. The van der Waals surface area contributed by atoms with Gasteiger partial charge in [-0.3, -0.25) is 4.90 Å². The zero-order valence-corrected chi connectivity index (χ0v) is 58.9. The van der Waals surface area contributed by atoms with Crippen LogP contribution >= 0.6 is 0 Å². The quantitative estimate of drug-likeness (QED) is 0.152. The summed E-state index contributed by atoms with van der Waals surface area (Å²) in [7, 11) is 0. The summed E-state index contributed by atoms with van der Waals surface area (Å²) in [5.41, 5.74) is 15.1. The zero-order valence-electron chi connectivity index (χ0n) is 69.9. The van der Waals surface area contributed by atoms with Gasteiger partial charge in [-0.25, -0.2) is 44.9 Å². The summed E-state index contributed by atoms with van der Waals surface area (Å²) in [5, 5.41) is 7.63. The number of hydrogen-bond acceptors (Lipinski definition) is 21. The Morgan fingerprint density at radius 3 is 0.990 bits per heavy atom. The van der Waals surface area contributed by atoms with Crippen molar-refractivity contribution >= 4 is 157 Å². The minimum absolute atomic E-state index is 0.0807. The van der Waals surface area contributed by atoms with Crippen LogP contribution < -0.4 is 39.2 Å². The fourth-order valence-electron chi connectivity index (χ4n) is 15.4. The Hall–Kier alpha value is -12.4. The molecule has 0 N–H and O–H groups in total. The molecule has 21 heteroatoms. The predicted octanol–water partition coefficient (Wildman–Crippen LogP) is 19.4. The number of benzene rings is 4. The van der Waals surface area contributed by atoms with Crippen molar-refractivity contribution in [2.24, 2.45) is 0 Å². The largest absolute Gasteiger partial charge is 0.435 e. The molecule has 4 aliphatic rings. The molecule has 12 aromatic heterocycles. The van der Waals surface area contributed by atoms with Crippen molar-refractivity contribution in [2.45, 2.75) is 120 Å². The van der Waals surface area contributed by atoms with Gasteiger partial charge in [-0.05, 0) is 190 Å². The van der Waals surface area contributed by atoms with Gasteiger partial charge >= 0.3 is 0 Å². The molecule has 0 saturated heterocycles. The van der Waals surface area contributed by atoms with Crippen molar-refractivity contribution in [2.75, 3.05) is 53.2 Å². The van der Waals surface area contributed by atoms with Crippen LogP contribution in [0.1, 0.15) is 92.7 Å². The SMILES string of the molecule is [2H]C(C)(C)N1c2ncccc2N(c2c(C)ccc3c2oc2ncccc23)C1C.[2H]C([2H])([2H])C([2H])(C)N1c2ncccc2N(c2c(C)ccc3c2oc2ncccc23)C1C.[2H]C([2H])([2H])N1c2ncccc2N(c2c(C)ccc3c2oc2ncccc23)C1C.[2H]C([2H])([2H])N1c2nccnc2N(c2c(C)ccc3c2oc2ncccc23)C1C. The van der Waals surface area contributed by atoms with Crippen LogP contribution in [-0.4, -0.2) is 95.5 Å². The number of anilines is 12. The van der Waals surface area contributed by atoms with E-state index < -0.39 is 51.3 Å². The van der Waals surface area contributed by atoms with E-state index in [2.05, 4.69) is 81.8 Å². The van der Waals surface area contributed by atoms with E-state index >= 15 is 0 Å². The number of aryl methyl sites for hydroxylation is 4. The number of fused-ring (bicyclic) bond motifs is 16. The maximum atomic E-state index is 8.76. The van der Waals surface area contributed by atoms with E-state index in [0.717, 1.165) is 117 Å². The molecule has 0 spiro atoms. The Bertz CT molecular complexity index is 6060. The molecular weight excluding hydrogens is 1300 g/mol. The second kappa shape index (κ2) is 25.3. The summed E-state index contributed by atoms with van der Waals surface area (Å²) in [4.78, 5) is 54.0. The molecule has 5 atom stereocenters. The first-order valence-electron chi connectivity index (χ1n) is 39.8. The van der Waals surface area contributed by atoms with E-state index in [-0.39, 0.29) is 6.17 Å². The van der Waals surface area contributed by atoms with Gasteiger partial charge in [0.1, 0.15) is 24.7 Å². The minimum atomic E-state index is -2.53. The number of hydrogen-bond donors (Lipinski definition) is 0. The Morgan fingerprint density at radius 2 is 0.615 bits per heavy atom. The van der Waals surface area contributed by atoms with E-state index in [9.17, 15) is 0 Å². The third-order valence-electron chi connectivity index (χ3n) is 20.0. The highest BCUT2D eigenvalue weighted by atomic mass is 16.4. The lowest BCUT2D eigenvalue weighted by Gasteiger charge is -2.33. The summed E-state index contributed by atoms with van der Waals surface area (Å²) in [6, 6.07) is 40.5. The van der Waals surface area contributed by atoms with Crippen molar-refractivity contribution in [3.63, 3.8) is 0 Å². The molecule has 16 heterocycles. The Balaban J connectivity index is 0.000000111. The lowest BCUT2D eigenvalue weighted by molar-refractivity contribution is 0.597. The van der Waals surface area contributed by atoms with Gasteiger partial charge in [-0.2, -0.15) is 0 Å². The first-order chi connectivity index (χ1) is 54.8. The molecule has 0 aliphatic carbocycles. The minimum Gasteiger partial charge on any atom is -0.435 e. The summed E-state index contributed by atoms with van der Waals surface area (Å²) >= 11 is 0. The number of nitrogens with zero attached hydrogens (tertiary/aromatic N) is 17. The fraction of sp³-hybridized carbons (Fsp3) is 0.241. The summed E-state index contributed by atoms with van der Waals surface area (Å²) in [6.07, 6.45) is 13.4. The third-order valence-corrected chi connectivity index (χ3v) is 20.0. The zero-order chi connectivity index (χ0) is 81.0. The van der Waals surface area contributed by atoms with Crippen molar-refractivity contribution in [3.8, 4) is 0 Å². The van der Waals surface area contributed by atoms with E-state index in [4.69, 9.17) is 32.7 Å². The Kier molecular flexibility index (Phi) is 13.0. The lowest BCUT2D eigenvalue weighted by Crippen LogP contribution is -2.42. The maximum absolute atomic E-state index is 8.76. The van der Waals surface area contributed by atoms with Crippen LogP contribution in [0.3, 0.4) is 0 Å². The van der Waals surface area contributed by atoms with Crippen LogP contribution in [0.5, 0.6) is 0 Å². The molecule has 0 radical (unpaired) electrons. The van der Waals surface area contributed by atoms with Crippen LogP contribution in [-0.2, 0) is 0 Å². The highest BCUT2D eigenvalue weighted by Gasteiger charge is 2.42. The molecule has 5 unspecified atom stereocenters. The van der Waals surface area contributed by atoms with Crippen LogP contribution in [0.25, 0.3) is 88.3 Å². The monoisotopic (exact) mass is 1390 g/mol. The second-order valence-corrected chi connectivity index (χ2v) is 26.5. The van der Waals surface area contributed by atoms with Gasteiger partial charge in [0.15, 0.2) is 51.4 Å². The number of aromatic nitrogens is 9. The first-order valence-corrected chi connectivity index (χ1v) is 34.3. The molecule has 0 fully saturated rings. The average molecular weight is 1390 g/mol. The van der Waals surface area contributed by atoms with Gasteiger partial charge in [-0.15, -0.1) is 0 Å². The number of pyridine rings is 7. The molecule has 0 bridgehead atoms. The normalized spacial score (nSPS) is 19.4. The Labute approximate surface area is 616 Å². The molecule has 104 heavy (non-hydrogen) atoms. The highest BCUT2D eigenvalue weighted by molar-refractivity contribution is 6.13. The van der Waals surface area contributed by atoms with Crippen LogP contribution in [0.15, 0.2) is 207 Å². The summed E-state index contributed by atoms with van der Waals surface area (Å²) in [5.74, 6) is 2.56. The standard InChI is InChI=1S/2C22H22N4O.C20H18N4O.C19H17N5O/c2*1-13(2)25-15(4)26(18-8-6-11-23-21(18)25)19-14(3)9-10-16-17-7-5-12-24-22(17)27-20(16)19;1-12-8-9-14-15-6-4-11-22-20(15)25-18(14)17(12)24-13(2)23(3)19-16(24)7-5-10-21-19;1-11-6-7-13-14-5-4-8-22-19(14)25-16(13)15(11)24-12(2)23(3)17-18(24)21-10-9-20-17/h2*5-13,15H,1-4H3;4-11,13H,1-3H3;4-10,12H,1-3H3/i1D3,13D;13D;2*3D3. The van der Waals surface area contributed by atoms with E-state index in [1.165, 1.54) is 22.9 Å². The molecule has 0 amide bonds. The molecular formula is C83H79N17O4. The topological polar surface area (TPSA) is 194 Å². The average Bonchev–Trinajstić information content (AvgIpc) is 1.58. The highest BCUT2D eigenvalue weighted by Crippen LogP contribution is 2.52. The van der Waals surface area contributed by atoms with E-state index in [1.54, 1.807) is 54.5 Å². The summed E-state index contributed by atoms with van der Waals surface area (Å²) in [6.45, 7) is 13.7. The smallest absolute Gasteiger partial charge is 0.227 e. The molecule has 20 rings (SSSR count). The molecule has 4 aromatic carbocycles. The molecule has 21 nitrogen and oxygen atoms in total. The van der Waals surface area contributed by atoms with E-state index in [0.29, 0.717) is 62.9 Å². The van der Waals surface area contributed by atoms with Gasteiger partial charge in [0.05, 0.1) is 42.6 Å². The second-order valence-electron chi connectivity index (χ2n) is 26.5. The maximum Gasteiger partial charge on any atom is 0.227 e. The lowest BCUT2D eigenvalue weighted by atomic mass is 10.1. The van der Waals surface area contributed by atoms with Crippen molar-refractivity contribution in [1.29, 1.82) is 0 Å². The third kappa shape index (κ3) is 10.1. The van der Waals surface area contributed by atoms with Gasteiger partial charge in [0.25, 0.3) is 0 Å². The van der Waals surface area contributed by atoms with Crippen molar-refractivity contribution < 1.29 is 32.7 Å². The summed E-state index contributed by atoms with van der Waals surface area (Å²) < 4.78 is 114. The van der Waals surface area contributed by atoms with Gasteiger partial charge in [0, 0.05) is 137 Å². The molecule has 4 aliphatic heterocycles. The predicted molar refractivity (Wildman–Crippen MR) is 418 cm³/mol. The van der Waals surface area contributed by atoms with E-state index in [1.807, 2.05) is 190 Å². The van der Waals surface area contributed by atoms with Crippen molar-refractivity contribution in [3.05, 3.63) is 211 Å².